The first-order chi connectivity index (χ1) is 17.9. The number of nitrogens with zero attached hydrogens (tertiary/aromatic N) is 3. The molecule has 7 nitrogen and oxygen atoms in total. The van der Waals surface area contributed by atoms with Gasteiger partial charge in [-0.2, -0.15) is 0 Å². The monoisotopic (exact) mass is 511 g/mol. The van der Waals surface area contributed by atoms with Crippen LogP contribution < -0.4 is 20.3 Å². The van der Waals surface area contributed by atoms with Gasteiger partial charge >= 0.3 is 0 Å². The molecule has 0 aliphatic carbocycles. The van der Waals surface area contributed by atoms with Gasteiger partial charge < -0.3 is 24.8 Å². The number of benzene rings is 2. The van der Waals surface area contributed by atoms with E-state index in [1.54, 1.807) is 7.11 Å². The van der Waals surface area contributed by atoms with E-state index in [-0.39, 0.29) is 18.0 Å². The molecule has 1 saturated heterocycles. The number of hydrogen-bond acceptors (Lipinski definition) is 4. The Morgan fingerprint density at radius 3 is 2.35 bits per heavy atom. The molecule has 0 spiro atoms. The van der Waals surface area contributed by atoms with Crippen molar-refractivity contribution in [1.82, 2.24) is 14.9 Å². The molecular formula is C29H29N5O2S. The van der Waals surface area contributed by atoms with Gasteiger partial charge in [0.05, 0.1) is 24.9 Å². The minimum atomic E-state index is -0.145. The molecule has 2 aromatic carbocycles. The summed E-state index contributed by atoms with van der Waals surface area (Å²) in [7, 11) is 1.67. The Kier molecular flexibility index (Phi) is 6.67. The Morgan fingerprint density at radius 2 is 1.73 bits per heavy atom. The molecule has 0 saturated carbocycles. The van der Waals surface area contributed by atoms with Crippen LogP contribution in [0.3, 0.4) is 0 Å². The average Bonchev–Trinajstić information content (AvgIpc) is 3.39. The third-order valence-corrected chi connectivity index (χ3v) is 7.00. The van der Waals surface area contributed by atoms with Gasteiger partial charge in [-0.15, -0.1) is 0 Å². The van der Waals surface area contributed by atoms with Crippen molar-refractivity contribution < 1.29 is 9.53 Å². The zero-order chi connectivity index (χ0) is 26.1. The lowest BCUT2D eigenvalue weighted by Gasteiger charge is -2.28. The lowest BCUT2D eigenvalue weighted by Crippen LogP contribution is -2.29. The van der Waals surface area contributed by atoms with E-state index in [4.69, 9.17) is 17.0 Å². The molecule has 1 aliphatic heterocycles. The maximum absolute atomic E-state index is 11.5. The Morgan fingerprint density at radius 1 is 1.03 bits per heavy atom. The predicted molar refractivity (Wildman–Crippen MR) is 150 cm³/mol. The Balaban J connectivity index is 1.61. The van der Waals surface area contributed by atoms with Gasteiger partial charge in [0.2, 0.25) is 5.91 Å². The van der Waals surface area contributed by atoms with E-state index in [1.165, 1.54) is 6.92 Å². The molecule has 0 bridgehead atoms. The maximum Gasteiger partial charge on any atom is 0.221 e. The number of ether oxygens (including phenoxy) is 1. The van der Waals surface area contributed by atoms with Crippen LogP contribution in [0.5, 0.6) is 5.75 Å². The smallest absolute Gasteiger partial charge is 0.221 e. The summed E-state index contributed by atoms with van der Waals surface area (Å²) in [5.74, 6) is 0.714. The van der Waals surface area contributed by atoms with Crippen molar-refractivity contribution in [3.8, 4) is 11.4 Å². The molecule has 4 aromatic rings. The van der Waals surface area contributed by atoms with Crippen LogP contribution in [0.25, 0.3) is 5.69 Å². The standard InChI is InChI=1S/C29H29N5O2S/c1-18-17-25(19(2)33(18)22-12-14-24(36-4)15-13-22)28-27(26-7-5-6-16-30-26)32-29(37)34(28)23-10-8-21(9-11-23)31-20(3)35/h5-17,27-28H,1-4H3,(H,31,35)(H,32,37)/t27-,28-/m0/s1. The maximum atomic E-state index is 11.5. The number of thiocarbonyl (C=S) groups is 1. The zero-order valence-corrected chi connectivity index (χ0v) is 22.0. The molecular weight excluding hydrogens is 482 g/mol. The molecule has 1 aliphatic rings. The Hall–Kier alpha value is -4.17. The first-order valence-corrected chi connectivity index (χ1v) is 12.5. The highest BCUT2D eigenvalue weighted by atomic mass is 32.1. The number of amides is 1. The largest absolute Gasteiger partial charge is 0.497 e. The van der Waals surface area contributed by atoms with E-state index in [0.717, 1.165) is 45.5 Å². The number of rotatable bonds is 6. The van der Waals surface area contributed by atoms with Crippen molar-refractivity contribution in [1.29, 1.82) is 0 Å². The van der Waals surface area contributed by atoms with E-state index in [2.05, 4.69) is 57.1 Å². The molecule has 1 fully saturated rings. The average molecular weight is 512 g/mol. The summed E-state index contributed by atoms with van der Waals surface area (Å²) >= 11 is 5.88. The fraction of sp³-hybridized carbons (Fsp3) is 0.207. The lowest BCUT2D eigenvalue weighted by molar-refractivity contribution is -0.114. The molecule has 37 heavy (non-hydrogen) atoms. The molecule has 2 atom stereocenters. The van der Waals surface area contributed by atoms with Crippen LogP contribution in [0.4, 0.5) is 11.4 Å². The summed E-state index contributed by atoms with van der Waals surface area (Å²) in [6.07, 6.45) is 1.81. The second kappa shape index (κ2) is 10.1. The molecule has 188 valence electrons. The quantitative estimate of drug-likeness (QED) is 0.327. The SMILES string of the molecule is COc1ccc(-n2c(C)cc([C@H]3[C@H](c4ccccn4)NC(=S)N3c3ccc(NC(C)=O)cc3)c2C)cc1. The highest BCUT2D eigenvalue weighted by Crippen LogP contribution is 2.44. The number of aromatic nitrogens is 2. The fourth-order valence-corrected chi connectivity index (χ4v) is 5.42. The van der Waals surface area contributed by atoms with E-state index < -0.39 is 0 Å². The van der Waals surface area contributed by atoms with Gasteiger partial charge in [0.25, 0.3) is 0 Å². The normalized spacial score (nSPS) is 17.0. The summed E-state index contributed by atoms with van der Waals surface area (Å²) < 4.78 is 7.60. The number of anilines is 2. The number of carbonyl (C=O) groups excluding carboxylic acids is 1. The van der Waals surface area contributed by atoms with E-state index in [1.807, 2.05) is 60.8 Å². The van der Waals surface area contributed by atoms with Crippen molar-refractivity contribution in [2.24, 2.45) is 0 Å². The van der Waals surface area contributed by atoms with Crippen LogP contribution in [-0.2, 0) is 4.79 Å². The van der Waals surface area contributed by atoms with Crippen molar-refractivity contribution in [2.45, 2.75) is 32.9 Å². The number of nitrogens with one attached hydrogen (secondary N) is 2. The minimum absolute atomic E-state index is 0.106. The van der Waals surface area contributed by atoms with Gasteiger partial charge in [-0.25, -0.2) is 0 Å². The topological polar surface area (TPSA) is 71.4 Å². The van der Waals surface area contributed by atoms with Gasteiger partial charge in [0.1, 0.15) is 5.75 Å². The summed E-state index contributed by atoms with van der Waals surface area (Å²) in [6.45, 7) is 5.75. The molecule has 8 heteroatoms. The van der Waals surface area contributed by atoms with Crippen LogP contribution in [0.15, 0.2) is 79.0 Å². The third kappa shape index (κ3) is 4.68. The highest BCUT2D eigenvalue weighted by Gasteiger charge is 2.42. The third-order valence-electron chi connectivity index (χ3n) is 6.68. The molecule has 1 amide bonds. The van der Waals surface area contributed by atoms with Crippen LogP contribution in [-0.4, -0.2) is 27.7 Å². The number of aryl methyl sites for hydroxylation is 1. The van der Waals surface area contributed by atoms with Gasteiger partial charge in [-0.1, -0.05) is 6.07 Å². The lowest BCUT2D eigenvalue weighted by atomic mass is 9.96. The van der Waals surface area contributed by atoms with Gasteiger partial charge in [0.15, 0.2) is 5.11 Å². The predicted octanol–water partition coefficient (Wildman–Crippen LogP) is 5.63. The Labute approximate surface area is 222 Å². The highest BCUT2D eigenvalue weighted by molar-refractivity contribution is 7.80. The first kappa shape index (κ1) is 24.5. The minimum Gasteiger partial charge on any atom is -0.497 e. The van der Waals surface area contributed by atoms with Crippen molar-refractivity contribution >= 4 is 34.6 Å². The molecule has 2 aromatic heterocycles. The second-order valence-corrected chi connectivity index (χ2v) is 9.47. The van der Waals surface area contributed by atoms with Crippen LogP contribution in [0.2, 0.25) is 0 Å². The van der Waals surface area contributed by atoms with Crippen molar-refractivity contribution in [2.75, 3.05) is 17.3 Å². The first-order valence-electron chi connectivity index (χ1n) is 12.1. The van der Waals surface area contributed by atoms with Crippen LogP contribution in [0.1, 0.15) is 41.7 Å². The number of hydrogen-bond donors (Lipinski definition) is 2. The Bertz CT molecular complexity index is 1430. The summed E-state index contributed by atoms with van der Waals surface area (Å²) in [5.41, 5.74) is 7.06. The van der Waals surface area contributed by atoms with Gasteiger partial charge in [-0.3, -0.25) is 9.78 Å². The van der Waals surface area contributed by atoms with Crippen LogP contribution >= 0.6 is 12.2 Å². The number of methoxy groups -OCH3 is 1. The molecule has 0 radical (unpaired) electrons. The van der Waals surface area contributed by atoms with Gasteiger partial charge in [0, 0.05) is 41.6 Å². The molecule has 0 unspecified atom stereocenters. The summed E-state index contributed by atoms with van der Waals surface area (Å²) in [6, 6.07) is 23.7. The van der Waals surface area contributed by atoms with Crippen molar-refractivity contribution in [3.05, 3.63) is 102 Å². The van der Waals surface area contributed by atoms with E-state index in [0.29, 0.717) is 5.11 Å². The van der Waals surface area contributed by atoms with E-state index in [9.17, 15) is 4.79 Å². The summed E-state index contributed by atoms with van der Waals surface area (Å²) in [5, 5.41) is 6.98. The molecule has 2 N–H and O–H groups in total. The fourth-order valence-electron chi connectivity index (χ4n) is 5.07. The second-order valence-electron chi connectivity index (χ2n) is 9.08. The zero-order valence-electron chi connectivity index (χ0n) is 21.2. The summed E-state index contributed by atoms with van der Waals surface area (Å²) in [4.78, 5) is 18.3. The van der Waals surface area contributed by atoms with E-state index >= 15 is 0 Å². The molecule has 3 heterocycles. The van der Waals surface area contributed by atoms with Crippen molar-refractivity contribution in [3.63, 3.8) is 0 Å². The number of pyridine rings is 1. The molecule has 5 rings (SSSR count). The number of carbonyl (C=O) groups is 1. The van der Waals surface area contributed by atoms with Crippen LogP contribution in [0, 0.1) is 13.8 Å². The van der Waals surface area contributed by atoms with Gasteiger partial charge in [-0.05, 0) is 98.4 Å².